The van der Waals surface area contributed by atoms with Crippen LogP contribution >= 0.6 is 0 Å². The summed E-state index contributed by atoms with van der Waals surface area (Å²) in [4.78, 5) is 12.1. The van der Waals surface area contributed by atoms with Crippen LogP contribution in [0.25, 0.3) is 0 Å². The normalized spacial score (nSPS) is 14.1. The Balaban J connectivity index is 2.00. The fourth-order valence-electron chi connectivity index (χ4n) is 2.22. The van der Waals surface area contributed by atoms with E-state index in [0.29, 0.717) is 17.7 Å². The van der Waals surface area contributed by atoms with Crippen molar-refractivity contribution in [1.82, 2.24) is 5.32 Å². The Labute approximate surface area is 118 Å². The molecule has 1 aliphatic rings. The predicted octanol–water partition coefficient (Wildman–Crippen LogP) is 2.09. The van der Waals surface area contributed by atoms with Gasteiger partial charge in [-0.3, -0.25) is 4.79 Å². The Hall–Kier alpha value is -1.86. The number of carbonyl (C=O) groups excluding carboxylic acids is 1. The highest BCUT2D eigenvalue weighted by molar-refractivity contribution is 5.96. The number of aliphatic hydroxyl groups excluding tert-OH is 1. The molecule has 0 unspecified atom stereocenters. The Bertz CT molecular complexity index is 541. The molecule has 0 bridgehead atoms. The molecule has 1 amide bonds. The van der Waals surface area contributed by atoms with Gasteiger partial charge in [0.2, 0.25) is 0 Å². The zero-order valence-electron chi connectivity index (χ0n) is 11.3. The minimum absolute atomic E-state index is 0.244. The molecule has 4 heteroatoms. The largest absolute Gasteiger partial charge is 0.384 e. The molecule has 2 rings (SSSR count). The molecule has 1 fully saturated rings. The van der Waals surface area contributed by atoms with Crippen LogP contribution in [0.15, 0.2) is 18.2 Å². The highest BCUT2D eigenvalue weighted by Crippen LogP contribution is 2.28. The quantitative estimate of drug-likeness (QED) is 0.827. The first kappa shape index (κ1) is 14.5. The van der Waals surface area contributed by atoms with Crippen LogP contribution in [0.3, 0.4) is 0 Å². The number of aliphatic hydroxyl groups is 1. The molecule has 1 aliphatic carbocycles. The fourth-order valence-corrected chi connectivity index (χ4v) is 2.22. The average molecular weight is 275 g/mol. The summed E-state index contributed by atoms with van der Waals surface area (Å²) in [5, 5.41) is 11.5. The number of carbonyl (C=O) groups is 1. The SMILES string of the molecule is O=C(NCCC1CCC1)c1ccc(F)cc1C#CCO. The lowest BCUT2D eigenvalue weighted by Crippen LogP contribution is -2.28. The maximum atomic E-state index is 13.2. The molecule has 1 saturated carbocycles. The van der Waals surface area contributed by atoms with Gasteiger partial charge in [-0.15, -0.1) is 0 Å². The third kappa shape index (κ3) is 3.82. The predicted molar refractivity (Wildman–Crippen MR) is 74.7 cm³/mol. The minimum Gasteiger partial charge on any atom is -0.384 e. The van der Waals surface area contributed by atoms with Crippen molar-refractivity contribution in [3.63, 3.8) is 0 Å². The molecule has 106 valence electrons. The Morgan fingerprint density at radius 2 is 2.25 bits per heavy atom. The Morgan fingerprint density at radius 3 is 2.90 bits per heavy atom. The van der Waals surface area contributed by atoms with Crippen LogP contribution in [0.5, 0.6) is 0 Å². The van der Waals surface area contributed by atoms with Crippen LogP contribution in [0.2, 0.25) is 0 Å². The zero-order valence-corrected chi connectivity index (χ0v) is 11.3. The van der Waals surface area contributed by atoms with Crippen LogP contribution < -0.4 is 5.32 Å². The lowest BCUT2D eigenvalue weighted by Gasteiger charge is -2.25. The minimum atomic E-state index is -0.446. The molecular formula is C16H18FNO2. The van der Waals surface area contributed by atoms with Crippen molar-refractivity contribution in [3.05, 3.63) is 35.1 Å². The van der Waals surface area contributed by atoms with Gasteiger partial charge in [-0.25, -0.2) is 4.39 Å². The Kier molecular flexibility index (Phi) is 5.14. The second-order valence-corrected chi connectivity index (χ2v) is 4.99. The molecule has 0 aromatic heterocycles. The van der Waals surface area contributed by atoms with Crippen LogP contribution in [-0.2, 0) is 0 Å². The molecule has 0 atom stereocenters. The first-order chi connectivity index (χ1) is 9.70. The zero-order chi connectivity index (χ0) is 14.4. The molecule has 1 aromatic rings. The maximum absolute atomic E-state index is 13.2. The van der Waals surface area contributed by atoms with E-state index in [-0.39, 0.29) is 12.5 Å². The summed E-state index contributed by atoms with van der Waals surface area (Å²) in [5.41, 5.74) is 0.654. The Morgan fingerprint density at radius 1 is 1.45 bits per heavy atom. The molecule has 20 heavy (non-hydrogen) atoms. The van der Waals surface area contributed by atoms with Gasteiger partial charge in [-0.1, -0.05) is 31.1 Å². The third-order valence-electron chi connectivity index (χ3n) is 3.59. The van der Waals surface area contributed by atoms with Gasteiger partial charge in [0.15, 0.2) is 0 Å². The third-order valence-corrected chi connectivity index (χ3v) is 3.59. The molecular weight excluding hydrogens is 257 g/mol. The number of rotatable bonds is 4. The topological polar surface area (TPSA) is 49.3 Å². The highest BCUT2D eigenvalue weighted by Gasteiger charge is 2.17. The lowest BCUT2D eigenvalue weighted by molar-refractivity contribution is 0.0948. The van der Waals surface area contributed by atoms with E-state index in [0.717, 1.165) is 12.3 Å². The number of hydrogen-bond acceptors (Lipinski definition) is 2. The second kappa shape index (κ2) is 7.06. The van der Waals surface area contributed by atoms with E-state index in [1.165, 1.54) is 37.5 Å². The first-order valence-electron chi connectivity index (χ1n) is 6.88. The molecule has 0 heterocycles. The monoisotopic (exact) mass is 275 g/mol. The number of amides is 1. The van der Waals surface area contributed by atoms with Gasteiger partial charge in [0.05, 0.1) is 5.56 Å². The van der Waals surface area contributed by atoms with Gasteiger partial charge >= 0.3 is 0 Å². The van der Waals surface area contributed by atoms with Crippen molar-refractivity contribution >= 4 is 5.91 Å². The van der Waals surface area contributed by atoms with E-state index in [2.05, 4.69) is 17.2 Å². The van der Waals surface area contributed by atoms with Gasteiger partial charge in [0, 0.05) is 12.1 Å². The summed E-state index contributed by atoms with van der Waals surface area (Å²) in [6.45, 7) is 0.312. The van der Waals surface area contributed by atoms with Crippen LogP contribution in [0, 0.1) is 23.6 Å². The van der Waals surface area contributed by atoms with Crippen LogP contribution in [-0.4, -0.2) is 24.2 Å². The standard InChI is InChI=1S/C16H18FNO2/c17-14-6-7-15(13(11-14)5-2-10-19)16(20)18-9-8-12-3-1-4-12/h6-7,11-12,19H,1,3-4,8-10H2,(H,18,20). The number of halogens is 1. The lowest BCUT2D eigenvalue weighted by atomic mass is 9.83. The van der Waals surface area contributed by atoms with Gasteiger partial charge in [0.25, 0.3) is 5.91 Å². The van der Waals surface area contributed by atoms with Crippen molar-refractivity contribution in [1.29, 1.82) is 0 Å². The molecule has 0 radical (unpaired) electrons. The summed E-state index contributed by atoms with van der Waals surface area (Å²) in [6, 6.07) is 3.88. The van der Waals surface area contributed by atoms with Crippen molar-refractivity contribution in [2.75, 3.05) is 13.2 Å². The molecule has 3 nitrogen and oxygen atoms in total. The summed E-state index contributed by atoms with van der Waals surface area (Å²) >= 11 is 0. The van der Waals surface area contributed by atoms with Gasteiger partial charge in [-0.2, -0.15) is 0 Å². The summed E-state index contributed by atoms with van der Waals surface area (Å²) in [7, 11) is 0. The van der Waals surface area contributed by atoms with Gasteiger partial charge in [0.1, 0.15) is 12.4 Å². The van der Waals surface area contributed by atoms with E-state index in [1.54, 1.807) is 0 Å². The molecule has 0 saturated heterocycles. The second-order valence-electron chi connectivity index (χ2n) is 4.99. The maximum Gasteiger partial charge on any atom is 0.252 e. The van der Waals surface area contributed by atoms with E-state index in [9.17, 15) is 9.18 Å². The van der Waals surface area contributed by atoms with Crippen molar-refractivity contribution in [3.8, 4) is 11.8 Å². The van der Waals surface area contributed by atoms with Crippen molar-refractivity contribution < 1.29 is 14.3 Å². The summed E-state index contributed by atoms with van der Waals surface area (Å²) < 4.78 is 13.2. The average Bonchev–Trinajstić information content (AvgIpc) is 2.39. The fraction of sp³-hybridized carbons (Fsp3) is 0.438. The molecule has 1 aromatic carbocycles. The van der Waals surface area contributed by atoms with Gasteiger partial charge in [-0.05, 0) is 30.5 Å². The highest BCUT2D eigenvalue weighted by atomic mass is 19.1. The van der Waals surface area contributed by atoms with Crippen molar-refractivity contribution in [2.24, 2.45) is 5.92 Å². The smallest absolute Gasteiger partial charge is 0.252 e. The molecule has 0 aliphatic heterocycles. The van der Waals surface area contributed by atoms with E-state index in [4.69, 9.17) is 5.11 Å². The summed E-state index contributed by atoms with van der Waals surface area (Å²) in [6.07, 6.45) is 4.78. The number of nitrogens with one attached hydrogen (secondary N) is 1. The van der Waals surface area contributed by atoms with Crippen molar-refractivity contribution in [2.45, 2.75) is 25.7 Å². The van der Waals surface area contributed by atoms with E-state index < -0.39 is 5.82 Å². The summed E-state index contributed by atoms with van der Waals surface area (Å²) in [5.74, 6) is 5.09. The molecule has 2 N–H and O–H groups in total. The van der Waals surface area contributed by atoms with Gasteiger partial charge < -0.3 is 10.4 Å². The number of benzene rings is 1. The van der Waals surface area contributed by atoms with Crippen LogP contribution in [0.1, 0.15) is 41.6 Å². The molecule has 0 spiro atoms. The van der Waals surface area contributed by atoms with E-state index >= 15 is 0 Å². The number of hydrogen-bond donors (Lipinski definition) is 2. The van der Waals surface area contributed by atoms with E-state index in [1.807, 2.05) is 0 Å². The first-order valence-corrected chi connectivity index (χ1v) is 6.88. The van der Waals surface area contributed by atoms with Crippen LogP contribution in [0.4, 0.5) is 4.39 Å².